The van der Waals surface area contributed by atoms with Crippen LogP contribution in [0.3, 0.4) is 0 Å². The lowest BCUT2D eigenvalue weighted by molar-refractivity contribution is 0.683. The van der Waals surface area contributed by atoms with E-state index in [1.165, 1.54) is 12.0 Å². The summed E-state index contributed by atoms with van der Waals surface area (Å²) in [5.41, 5.74) is 2.10. The lowest BCUT2D eigenvalue weighted by atomic mass is 10.2. The van der Waals surface area contributed by atoms with Crippen molar-refractivity contribution in [2.75, 3.05) is 5.32 Å². The van der Waals surface area contributed by atoms with Gasteiger partial charge in [-0.05, 0) is 38.0 Å². The molecule has 16 heavy (non-hydrogen) atoms. The van der Waals surface area contributed by atoms with E-state index < -0.39 is 0 Å². The molecule has 4 heteroatoms. The van der Waals surface area contributed by atoms with Gasteiger partial charge in [-0.1, -0.05) is 13.3 Å². The van der Waals surface area contributed by atoms with Gasteiger partial charge in [0.1, 0.15) is 0 Å². The van der Waals surface area contributed by atoms with Gasteiger partial charge in [-0.2, -0.15) is 4.98 Å². The molecule has 2 rings (SSSR count). The maximum atomic E-state index is 4.44. The van der Waals surface area contributed by atoms with E-state index in [4.69, 9.17) is 0 Å². The van der Waals surface area contributed by atoms with Crippen LogP contribution in [-0.2, 0) is 0 Å². The van der Waals surface area contributed by atoms with Crippen molar-refractivity contribution in [1.82, 2.24) is 14.6 Å². The number of hydrogen-bond donors (Lipinski definition) is 1. The molecule has 1 N–H and O–H groups in total. The molecule has 0 bridgehead atoms. The van der Waals surface area contributed by atoms with Crippen molar-refractivity contribution in [3.8, 4) is 0 Å². The first-order valence-corrected chi connectivity index (χ1v) is 5.78. The second kappa shape index (κ2) is 4.51. The van der Waals surface area contributed by atoms with Gasteiger partial charge in [-0.3, -0.25) is 0 Å². The summed E-state index contributed by atoms with van der Waals surface area (Å²) in [7, 11) is 0. The largest absolute Gasteiger partial charge is 0.350 e. The Morgan fingerprint density at radius 3 is 3.06 bits per heavy atom. The molecule has 0 aliphatic rings. The lowest BCUT2D eigenvalue weighted by Gasteiger charge is -2.09. The minimum absolute atomic E-state index is 0.420. The molecule has 2 aromatic heterocycles. The molecule has 0 aliphatic heterocycles. The number of nitrogens with zero attached hydrogens (tertiary/aromatic N) is 3. The Hall–Kier alpha value is -1.58. The van der Waals surface area contributed by atoms with Gasteiger partial charge < -0.3 is 5.32 Å². The van der Waals surface area contributed by atoms with Crippen LogP contribution in [0.2, 0.25) is 0 Å². The first-order chi connectivity index (χ1) is 7.69. The molecular formula is C12H18N4. The first-order valence-electron chi connectivity index (χ1n) is 5.78. The number of aromatic nitrogens is 3. The number of anilines is 1. The van der Waals surface area contributed by atoms with Gasteiger partial charge in [-0.25, -0.2) is 4.52 Å². The fraction of sp³-hybridized carbons (Fsp3) is 0.500. The predicted molar refractivity (Wildman–Crippen MR) is 65.7 cm³/mol. The van der Waals surface area contributed by atoms with Crippen molar-refractivity contribution in [3.63, 3.8) is 0 Å². The standard InChI is InChI=1S/C12H18N4/c1-4-5-10(3)13-12-14-11-8-9(2)6-7-16(11)15-12/h6-8,10H,4-5H2,1-3H3,(H,13,15). The highest BCUT2D eigenvalue weighted by Crippen LogP contribution is 2.09. The zero-order valence-electron chi connectivity index (χ0n) is 10.1. The van der Waals surface area contributed by atoms with Crippen LogP contribution in [0.25, 0.3) is 5.65 Å². The predicted octanol–water partition coefficient (Wildman–Crippen LogP) is 2.64. The third kappa shape index (κ3) is 2.32. The van der Waals surface area contributed by atoms with E-state index in [0.29, 0.717) is 12.0 Å². The van der Waals surface area contributed by atoms with E-state index in [-0.39, 0.29) is 0 Å². The highest BCUT2D eigenvalue weighted by atomic mass is 15.3. The molecule has 0 radical (unpaired) electrons. The zero-order valence-corrected chi connectivity index (χ0v) is 10.1. The second-order valence-electron chi connectivity index (χ2n) is 4.28. The number of aryl methyl sites for hydroxylation is 1. The van der Waals surface area contributed by atoms with Crippen LogP contribution in [0.4, 0.5) is 5.95 Å². The molecular weight excluding hydrogens is 200 g/mol. The van der Waals surface area contributed by atoms with Crippen LogP contribution in [0.5, 0.6) is 0 Å². The molecule has 86 valence electrons. The van der Waals surface area contributed by atoms with Gasteiger partial charge >= 0.3 is 0 Å². The smallest absolute Gasteiger partial charge is 0.243 e. The van der Waals surface area contributed by atoms with Gasteiger partial charge in [0, 0.05) is 12.2 Å². The van der Waals surface area contributed by atoms with Gasteiger partial charge in [0.05, 0.1) is 0 Å². The normalized spacial score (nSPS) is 12.9. The number of pyridine rings is 1. The third-order valence-corrected chi connectivity index (χ3v) is 2.59. The lowest BCUT2D eigenvalue weighted by Crippen LogP contribution is -2.15. The minimum atomic E-state index is 0.420. The molecule has 0 saturated carbocycles. The van der Waals surface area contributed by atoms with Crippen molar-refractivity contribution in [3.05, 3.63) is 23.9 Å². The molecule has 0 spiro atoms. The average Bonchev–Trinajstić information content (AvgIpc) is 2.59. The number of rotatable bonds is 4. The Morgan fingerprint density at radius 2 is 2.31 bits per heavy atom. The summed E-state index contributed by atoms with van der Waals surface area (Å²) < 4.78 is 1.80. The van der Waals surface area contributed by atoms with Crippen LogP contribution in [0.15, 0.2) is 18.3 Å². The van der Waals surface area contributed by atoms with Crippen molar-refractivity contribution in [2.24, 2.45) is 0 Å². The molecule has 2 heterocycles. The molecule has 0 saturated heterocycles. The fourth-order valence-electron chi connectivity index (χ4n) is 1.77. The summed E-state index contributed by atoms with van der Waals surface area (Å²) in [6.07, 6.45) is 4.24. The fourth-order valence-corrected chi connectivity index (χ4v) is 1.77. The third-order valence-electron chi connectivity index (χ3n) is 2.59. The Bertz CT molecular complexity index is 475. The number of nitrogens with one attached hydrogen (secondary N) is 1. The Kier molecular flexibility index (Phi) is 3.08. The Labute approximate surface area is 95.7 Å². The summed E-state index contributed by atoms with van der Waals surface area (Å²) in [4.78, 5) is 4.44. The summed E-state index contributed by atoms with van der Waals surface area (Å²) in [6.45, 7) is 6.39. The van der Waals surface area contributed by atoms with Gasteiger partial charge in [0.2, 0.25) is 5.95 Å². The summed E-state index contributed by atoms with van der Waals surface area (Å²) in [5.74, 6) is 0.714. The van der Waals surface area contributed by atoms with Gasteiger partial charge in [-0.15, -0.1) is 5.10 Å². The van der Waals surface area contributed by atoms with Crippen molar-refractivity contribution in [1.29, 1.82) is 0 Å². The molecule has 1 unspecified atom stereocenters. The molecule has 0 amide bonds. The molecule has 0 aromatic carbocycles. The van der Waals surface area contributed by atoms with Gasteiger partial charge in [0.15, 0.2) is 5.65 Å². The molecule has 0 aliphatic carbocycles. The Morgan fingerprint density at radius 1 is 1.50 bits per heavy atom. The van der Waals surface area contributed by atoms with Crippen LogP contribution in [0, 0.1) is 6.92 Å². The van der Waals surface area contributed by atoms with Crippen LogP contribution >= 0.6 is 0 Å². The van der Waals surface area contributed by atoms with Crippen LogP contribution < -0.4 is 5.32 Å². The van der Waals surface area contributed by atoms with Crippen molar-refractivity contribution >= 4 is 11.6 Å². The summed E-state index contributed by atoms with van der Waals surface area (Å²) in [6, 6.07) is 4.48. The maximum Gasteiger partial charge on any atom is 0.243 e. The SMILES string of the molecule is CCCC(C)Nc1nc2cc(C)ccn2n1. The summed E-state index contributed by atoms with van der Waals surface area (Å²) >= 11 is 0. The van der Waals surface area contributed by atoms with Crippen LogP contribution in [0.1, 0.15) is 32.3 Å². The topological polar surface area (TPSA) is 42.2 Å². The molecule has 4 nitrogen and oxygen atoms in total. The van der Waals surface area contributed by atoms with E-state index in [1.54, 1.807) is 4.52 Å². The van der Waals surface area contributed by atoms with E-state index in [0.717, 1.165) is 12.1 Å². The van der Waals surface area contributed by atoms with E-state index in [1.807, 2.05) is 18.3 Å². The maximum absolute atomic E-state index is 4.44. The first kappa shape index (κ1) is 10.9. The zero-order chi connectivity index (χ0) is 11.5. The van der Waals surface area contributed by atoms with E-state index in [2.05, 4.69) is 36.2 Å². The minimum Gasteiger partial charge on any atom is -0.350 e. The van der Waals surface area contributed by atoms with E-state index in [9.17, 15) is 0 Å². The monoisotopic (exact) mass is 218 g/mol. The highest BCUT2D eigenvalue weighted by molar-refractivity contribution is 5.45. The second-order valence-corrected chi connectivity index (χ2v) is 4.28. The Balaban J connectivity index is 2.19. The average molecular weight is 218 g/mol. The highest BCUT2D eigenvalue weighted by Gasteiger charge is 2.06. The number of fused-ring (bicyclic) bond motifs is 1. The molecule has 1 atom stereocenters. The number of hydrogen-bond acceptors (Lipinski definition) is 3. The van der Waals surface area contributed by atoms with E-state index >= 15 is 0 Å². The van der Waals surface area contributed by atoms with Crippen molar-refractivity contribution in [2.45, 2.75) is 39.7 Å². The molecule has 2 aromatic rings. The van der Waals surface area contributed by atoms with Crippen LogP contribution in [-0.4, -0.2) is 20.6 Å². The van der Waals surface area contributed by atoms with Crippen molar-refractivity contribution < 1.29 is 0 Å². The quantitative estimate of drug-likeness (QED) is 0.857. The van der Waals surface area contributed by atoms with Gasteiger partial charge in [0.25, 0.3) is 0 Å². The molecule has 0 fully saturated rings. The summed E-state index contributed by atoms with van der Waals surface area (Å²) in [5, 5.41) is 7.68.